The fraction of sp³-hybridized carbons (Fsp3) is 0.182. The van der Waals surface area contributed by atoms with E-state index < -0.39 is 7.49 Å². The molecule has 3 nitrogen and oxygen atoms in total. The third-order valence-electron chi connectivity index (χ3n) is 2.12. The SMILES string of the molecule is C=C(Cl)C(=N)Nc1ccccc1[PH](C)(C)O. The van der Waals surface area contributed by atoms with E-state index in [0.717, 1.165) is 5.30 Å². The molecule has 3 N–H and O–H groups in total. The van der Waals surface area contributed by atoms with Crippen molar-refractivity contribution in [2.75, 3.05) is 18.6 Å². The summed E-state index contributed by atoms with van der Waals surface area (Å²) >= 11 is 5.61. The second-order valence-electron chi connectivity index (χ2n) is 4.01. The first kappa shape index (κ1) is 13.2. The Morgan fingerprint density at radius 3 is 2.50 bits per heavy atom. The molecule has 0 unspecified atom stereocenters. The van der Waals surface area contributed by atoms with E-state index in [1.54, 1.807) is 0 Å². The fourth-order valence-corrected chi connectivity index (χ4v) is 2.68. The Kier molecular flexibility index (Phi) is 4.09. The van der Waals surface area contributed by atoms with Gasteiger partial charge in [-0.3, -0.25) is 0 Å². The van der Waals surface area contributed by atoms with E-state index in [-0.39, 0.29) is 10.9 Å². The molecular formula is C11H16ClN2OP. The molecule has 0 atom stereocenters. The number of para-hydroxylation sites is 1. The summed E-state index contributed by atoms with van der Waals surface area (Å²) in [5.74, 6) is 0.0485. The first-order valence-corrected chi connectivity index (χ1v) is 8.17. The van der Waals surface area contributed by atoms with E-state index in [0.29, 0.717) is 5.69 Å². The molecular weight excluding hydrogens is 243 g/mol. The molecule has 0 bridgehead atoms. The van der Waals surface area contributed by atoms with Crippen molar-refractivity contribution in [3.8, 4) is 0 Å². The van der Waals surface area contributed by atoms with Crippen molar-refractivity contribution in [1.82, 2.24) is 0 Å². The topological polar surface area (TPSA) is 56.1 Å². The van der Waals surface area contributed by atoms with Crippen LogP contribution in [0.15, 0.2) is 35.9 Å². The van der Waals surface area contributed by atoms with Gasteiger partial charge in [-0.25, -0.2) is 0 Å². The molecule has 16 heavy (non-hydrogen) atoms. The Labute approximate surface area is 101 Å². The zero-order chi connectivity index (χ0) is 12.3. The molecule has 1 rings (SSSR count). The molecule has 0 radical (unpaired) electrons. The van der Waals surface area contributed by atoms with Crippen LogP contribution in [-0.4, -0.2) is 24.1 Å². The van der Waals surface area contributed by atoms with Crippen molar-refractivity contribution >= 4 is 35.9 Å². The number of amidine groups is 1. The minimum atomic E-state index is -2.41. The Morgan fingerprint density at radius 1 is 1.44 bits per heavy atom. The van der Waals surface area contributed by atoms with Crippen molar-refractivity contribution in [2.45, 2.75) is 0 Å². The number of hydrogen-bond donors (Lipinski definition) is 3. The Morgan fingerprint density at radius 2 is 2.00 bits per heavy atom. The molecule has 0 aliphatic rings. The van der Waals surface area contributed by atoms with Gasteiger partial charge in [0, 0.05) is 0 Å². The van der Waals surface area contributed by atoms with Gasteiger partial charge in [0.25, 0.3) is 0 Å². The third-order valence-corrected chi connectivity index (χ3v) is 4.06. The maximum atomic E-state index is 10.1. The number of halogens is 1. The van der Waals surface area contributed by atoms with Crippen LogP contribution < -0.4 is 10.6 Å². The summed E-state index contributed by atoms with van der Waals surface area (Å²) in [4.78, 5) is 10.1. The summed E-state index contributed by atoms with van der Waals surface area (Å²) in [7, 11) is -2.41. The van der Waals surface area contributed by atoms with E-state index in [9.17, 15) is 4.89 Å². The maximum absolute atomic E-state index is 10.1. The molecule has 0 spiro atoms. The van der Waals surface area contributed by atoms with Crippen molar-refractivity contribution in [1.29, 1.82) is 5.41 Å². The molecule has 0 amide bonds. The fourth-order valence-electron chi connectivity index (χ4n) is 1.33. The Bertz CT molecular complexity index is 426. The molecule has 0 fully saturated rings. The second-order valence-corrected chi connectivity index (χ2v) is 8.12. The van der Waals surface area contributed by atoms with Gasteiger partial charge in [0.05, 0.1) is 0 Å². The summed E-state index contributed by atoms with van der Waals surface area (Å²) in [5, 5.41) is 11.4. The normalized spacial score (nSPS) is 12.0. The van der Waals surface area contributed by atoms with Gasteiger partial charge in [0.2, 0.25) is 0 Å². The van der Waals surface area contributed by atoms with Crippen molar-refractivity contribution in [3.63, 3.8) is 0 Å². The van der Waals surface area contributed by atoms with Crippen LogP contribution in [0.2, 0.25) is 0 Å². The van der Waals surface area contributed by atoms with E-state index in [1.807, 2.05) is 37.6 Å². The molecule has 5 heteroatoms. The van der Waals surface area contributed by atoms with E-state index in [2.05, 4.69) is 11.9 Å². The summed E-state index contributed by atoms with van der Waals surface area (Å²) in [5.41, 5.74) is 0.716. The predicted molar refractivity (Wildman–Crippen MR) is 74.8 cm³/mol. The van der Waals surface area contributed by atoms with Crippen LogP contribution in [0.1, 0.15) is 0 Å². The van der Waals surface area contributed by atoms with E-state index in [1.165, 1.54) is 0 Å². The van der Waals surface area contributed by atoms with E-state index >= 15 is 0 Å². The molecule has 0 aliphatic carbocycles. The minimum absolute atomic E-state index is 0.0485. The predicted octanol–water partition coefficient (Wildman–Crippen LogP) is 2.37. The number of anilines is 1. The summed E-state index contributed by atoms with van der Waals surface area (Å²) in [6, 6.07) is 7.38. The average Bonchev–Trinajstić information content (AvgIpc) is 2.16. The average molecular weight is 259 g/mol. The third kappa shape index (κ3) is 3.31. The summed E-state index contributed by atoms with van der Waals surface area (Å²) < 4.78 is 0. The van der Waals surface area contributed by atoms with Gasteiger partial charge < -0.3 is 0 Å². The van der Waals surface area contributed by atoms with E-state index in [4.69, 9.17) is 17.0 Å². The van der Waals surface area contributed by atoms with Crippen LogP contribution in [0.25, 0.3) is 0 Å². The Hall–Kier alpha value is -0.890. The van der Waals surface area contributed by atoms with Gasteiger partial charge in [-0.05, 0) is 0 Å². The van der Waals surface area contributed by atoms with Crippen molar-refractivity contribution in [2.24, 2.45) is 0 Å². The monoisotopic (exact) mass is 258 g/mol. The number of rotatable bonds is 3. The molecule has 0 heterocycles. The molecule has 1 aromatic carbocycles. The van der Waals surface area contributed by atoms with Gasteiger partial charge in [-0.2, -0.15) is 0 Å². The standard InChI is InChI=1S/C11H16ClN2OP/c1-8(12)11(13)14-9-6-4-5-7-10(9)16(2,3)15/h4-7,15-16H,1H2,2-3H3,(H2,13,14). The zero-order valence-electron chi connectivity index (χ0n) is 9.34. The molecule has 0 aromatic heterocycles. The van der Waals surface area contributed by atoms with Crippen molar-refractivity contribution < 1.29 is 4.89 Å². The number of hydrogen-bond acceptors (Lipinski definition) is 2. The summed E-state index contributed by atoms with van der Waals surface area (Å²) in [6.07, 6.45) is 0. The van der Waals surface area contributed by atoms with Crippen LogP contribution in [0.3, 0.4) is 0 Å². The molecule has 0 saturated heterocycles. The van der Waals surface area contributed by atoms with Gasteiger partial charge in [0.1, 0.15) is 0 Å². The van der Waals surface area contributed by atoms with Crippen molar-refractivity contribution in [3.05, 3.63) is 35.9 Å². The summed E-state index contributed by atoms with van der Waals surface area (Å²) in [6.45, 7) is 7.12. The molecule has 88 valence electrons. The number of benzene rings is 1. The molecule has 0 saturated carbocycles. The van der Waals surface area contributed by atoms with Crippen LogP contribution in [0.5, 0.6) is 0 Å². The van der Waals surface area contributed by atoms with Gasteiger partial charge in [-0.1, -0.05) is 0 Å². The van der Waals surface area contributed by atoms with Crippen LogP contribution in [-0.2, 0) is 0 Å². The quantitative estimate of drug-likeness (QED) is 0.443. The zero-order valence-corrected chi connectivity index (χ0v) is 11.1. The number of nitrogens with one attached hydrogen (secondary N) is 2. The second kappa shape index (κ2) is 4.96. The van der Waals surface area contributed by atoms with Gasteiger partial charge >= 0.3 is 101 Å². The van der Waals surface area contributed by atoms with Gasteiger partial charge in [0.15, 0.2) is 0 Å². The van der Waals surface area contributed by atoms with Crippen LogP contribution >= 0.6 is 19.1 Å². The first-order valence-electron chi connectivity index (χ1n) is 4.84. The molecule has 1 aromatic rings. The first-order chi connectivity index (χ1) is 7.32. The van der Waals surface area contributed by atoms with Crippen LogP contribution in [0, 0.1) is 5.41 Å². The Balaban J connectivity index is 3.05. The van der Waals surface area contributed by atoms with Crippen LogP contribution in [0.4, 0.5) is 5.69 Å². The molecule has 0 aliphatic heterocycles. The van der Waals surface area contributed by atoms with Gasteiger partial charge in [-0.15, -0.1) is 0 Å².